The Bertz CT molecular complexity index is 717. The SMILES string of the molecule is CCOc1ccnc(N2CCCN(C(=O)Cn3ccnc3C)CC2)n1. The van der Waals surface area contributed by atoms with Gasteiger partial charge in [0.05, 0.1) is 6.61 Å². The maximum atomic E-state index is 12.6. The van der Waals surface area contributed by atoms with Crippen molar-refractivity contribution >= 4 is 11.9 Å². The van der Waals surface area contributed by atoms with E-state index < -0.39 is 0 Å². The number of imidazole rings is 1. The fourth-order valence-electron chi connectivity index (χ4n) is 2.90. The summed E-state index contributed by atoms with van der Waals surface area (Å²) in [7, 11) is 0. The van der Waals surface area contributed by atoms with Crippen LogP contribution < -0.4 is 9.64 Å². The molecule has 0 spiro atoms. The molecule has 0 N–H and O–H groups in total. The van der Waals surface area contributed by atoms with E-state index in [-0.39, 0.29) is 5.91 Å². The van der Waals surface area contributed by atoms with Gasteiger partial charge in [0, 0.05) is 50.8 Å². The Balaban J connectivity index is 1.61. The highest BCUT2D eigenvalue weighted by atomic mass is 16.5. The van der Waals surface area contributed by atoms with Crippen molar-refractivity contribution in [1.82, 2.24) is 24.4 Å². The van der Waals surface area contributed by atoms with Crippen LogP contribution >= 0.6 is 0 Å². The van der Waals surface area contributed by atoms with Crippen LogP contribution in [0.2, 0.25) is 0 Å². The molecule has 0 saturated carbocycles. The number of aromatic nitrogens is 4. The van der Waals surface area contributed by atoms with Gasteiger partial charge in [-0.15, -0.1) is 0 Å². The number of ether oxygens (including phenoxy) is 1. The van der Waals surface area contributed by atoms with Crippen LogP contribution in [0, 0.1) is 6.92 Å². The zero-order valence-corrected chi connectivity index (χ0v) is 14.8. The van der Waals surface area contributed by atoms with Crippen LogP contribution in [0.1, 0.15) is 19.2 Å². The van der Waals surface area contributed by atoms with E-state index in [1.807, 2.05) is 29.5 Å². The van der Waals surface area contributed by atoms with Crippen molar-refractivity contribution in [2.24, 2.45) is 0 Å². The van der Waals surface area contributed by atoms with Crippen LogP contribution in [0.15, 0.2) is 24.7 Å². The van der Waals surface area contributed by atoms with E-state index in [1.54, 1.807) is 18.5 Å². The van der Waals surface area contributed by atoms with Crippen molar-refractivity contribution in [3.05, 3.63) is 30.5 Å². The number of hydrogen-bond acceptors (Lipinski definition) is 6. The molecule has 0 atom stereocenters. The van der Waals surface area contributed by atoms with Crippen LogP contribution in [0.3, 0.4) is 0 Å². The van der Waals surface area contributed by atoms with Crippen molar-refractivity contribution in [2.75, 3.05) is 37.7 Å². The van der Waals surface area contributed by atoms with Crippen molar-refractivity contribution in [1.29, 1.82) is 0 Å². The van der Waals surface area contributed by atoms with Crippen LogP contribution in [0.5, 0.6) is 5.88 Å². The molecule has 8 heteroatoms. The van der Waals surface area contributed by atoms with Crippen molar-refractivity contribution < 1.29 is 9.53 Å². The molecule has 1 aliphatic heterocycles. The van der Waals surface area contributed by atoms with Crippen LogP contribution in [0.4, 0.5) is 5.95 Å². The Hall–Kier alpha value is -2.64. The monoisotopic (exact) mass is 344 g/mol. The Morgan fingerprint density at radius 3 is 2.84 bits per heavy atom. The van der Waals surface area contributed by atoms with Crippen LogP contribution in [0.25, 0.3) is 0 Å². The highest BCUT2D eigenvalue weighted by Crippen LogP contribution is 2.15. The first kappa shape index (κ1) is 17.2. The van der Waals surface area contributed by atoms with Gasteiger partial charge in [-0.2, -0.15) is 4.98 Å². The summed E-state index contributed by atoms with van der Waals surface area (Å²) >= 11 is 0. The molecule has 8 nitrogen and oxygen atoms in total. The van der Waals surface area contributed by atoms with Gasteiger partial charge >= 0.3 is 0 Å². The number of aryl methyl sites for hydroxylation is 1. The van der Waals surface area contributed by atoms with E-state index in [9.17, 15) is 4.79 Å². The summed E-state index contributed by atoms with van der Waals surface area (Å²) < 4.78 is 7.32. The molecule has 1 fully saturated rings. The molecule has 25 heavy (non-hydrogen) atoms. The van der Waals surface area contributed by atoms with E-state index in [2.05, 4.69) is 19.9 Å². The Morgan fingerprint density at radius 1 is 1.20 bits per heavy atom. The molecule has 1 saturated heterocycles. The molecular weight excluding hydrogens is 320 g/mol. The predicted octanol–water partition coefficient (Wildman–Crippen LogP) is 1.12. The predicted molar refractivity (Wildman–Crippen MR) is 93.6 cm³/mol. The third-order valence-corrected chi connectivity index (χ3v) is 4.27. The number of hydrogen-bond donors (Lipinski definition) is 0. The smallest absolute Gasteiger partial charge is 0.242 e. The molecule has 0 unspecified atom stereocenters. The third kappa shape index (κ3) is 4.26. The van der Waals surface area contributed by atoms with Gasteiger partial charge in [0.15, 0.2) is 0 Å². The largest absolute Gasteiger partial charge is 0.478 e. The minimum absolute atomic E-state index is 0.118. The van der Waals surface area contributed by atoms with Gasteiger partial charge in [-0.3, -0.25) is 4.79 Å². The summed E-state index contributed by atoms with van der Waals surface area (Å²) in [5.74, 6) is 2.21. The first-order valence-corrected chi connectivity index (χ1v) is 8.63. The van der Waals surface area contributed by atoms with Gasteiger partial charge in [-0.05, 0) is 20.3 Å². The molecule has 2 aromatic rings. The van der Waals surface area contributed by atoms with Gasteiger partial charge in [-0.1, -0.05) is 0 Å². The average Bonchev–Trinajstić information content (AvgIpc) is 2.87. The average molecular weight is 344 g/mol. The summed E-state index contributed by atoms with van der Waals surface area (Å²) in [4.78, 5) is 29.5. The Kier molecular flexibility index (Phi) is 5.47. The van der Waals surface area contributed by atoms with E-state index >= 15 is 0 Å². The standard InChI is InChI=1S/C17H24N6O2/c1-3-25-15-5-6-19-17(20-15)22-9-4-8-21(11-12-22)16(24)13-23-10-7-18-14(23)2/h5-7,10H,3-4,8-9,11-13H2,1-2H3. The Labute approximate surface area is 147 Å². The summed E-state index contributed by atoms with van der Waals surface area (Å²) in [6.45, 7) is 7.69. The van der Waals surface area contributed by atoms with E-state index in [0.29, 0.717) is 38.1 Å². The minimum Gasteiger partial charge on any atom is -0.478 e. The molecule has 134 valence electrons. The molecular formula is C17H24N6O2. The van der Waals surface area contributed by atoms with Crippen LogP contribution in [-0.4, -0.2) is 63.1 Å². The number of nitrogens with zero attached hydrogens (tertiary/aromatic N) is 6. The molecule has 1 aliphatic rings. The second kappa shape index (κ2) is 7.96. The number of anilines is 1. The van der Waals surface area contributed by atoms with E-state index in [4.69, 9.17) is 4.74 Å². The number of rotatable bonds is 5. The lowest BCUT2D eigenvalue weighted by molar-refractivity contribution is -0.131. The van der Waals surface area contributed by atoms with Gasteiger partial charge in [-0.25, -0.2) is 9.97 Å². The molecule has 3 heterocycles. The zero-order chi connectivity index (χ0) is 17.6. The van der Waals surface area contributed by atoms with Gasteiger partial charge in [0.1, 0.15) is 12.4 Å². The highest BCUT2D eigenvalue weighted by molar-refractivity contribution is 5.76. The molecule has 0 radical (unpaired) electrons. The molecule has 0 aromatic carbocycles. The molecule has 0 aliphatic carbocycles. The van der Waals surface area contributed by atoms with Gasteiger partial charge in [0.25, 0.3) is 0 Å². The third-order valence-electron chi connectivity index (χ3n) is 4.27. The van der Waals surface area contributed by atoms with Crippen molar-refractivity contribution in [3.8, 4) is 5.88 Å². The minimum atomic E-state index is 0.118. The summed E-state index contributed by atoms with van der Waals surface area (Å²) in [6.07, 6.45) is 6.15. The summed E-state index contributed by atoms with van der Waals surface area (Å²) in [6, 6.07) is 1.76. The fraction of sp³-hybridized carbons (Fsp3) is 0.529. The first-order valence-electron chi connectivity index (χ1n) is 8.63. The molecule has 3 rings (SSSR count). The van der Waals surface area contributed by atoms with Gasteiger partial charge < -0.3 is 19.1 Å². The first-order chi connectivity index (χ1) is 12.2. The van der Waals surface area contributed by atoms with E-state index in [1.165, 1.54) is 0 Å². The lowest BCUT2D eigenvalue weighted by atomic mass is 10.3. The maximum Gasteiger partial charge on any atom is 0.242 e. The Morgan fingerprint density at radius 2 is 2.08 bits per heavy atom. The lowest BCUT2D eigenvalue weighted by Crippen LogP contribution is -2.37. The fourth-order valence-corrected chi connectivity index (χ4v) is 2.90. The second-order valence-electron chi connectivity index (χ2n) is 5.95. The molecule has 1 amide bonds. The van der Waals surface area contributed by atoms with Crippen molar-refractivity contribution in [3.63, 3.8) is 0 Å². The summed E-state index contributed by atoms with van der Waals surface area (Å²) in [5.41, 5.74) is 0. The number of amides is 1. The number of carbonyl (C=O) groups excluding carboxylic acids is 1. The maximum absolute atomic E-state index is 12.6. The normalized spacial score (nSPS) is 15.1. The quantitative estimate of drug-likeness (QED) is 0.809. The van der Waals surface area contributed by atoms with Gasteiger partial charge in [0.2, 0.25) is 17.7 Å². The molecule has 0 bridgehead atoms. The van der Waals surface area contributed by atoms with Crippen LogP contribution in [-0.2, 0) is 11.3 Å². The number of carbonyl (C=O) groups is 1. The lowest BCUT2D eigenvalue weighted by Gasteiger charge is -2.22. The zero-order valence-electron chi connectivity index (χ0n) is 14.8. The summed E-state index contributed by atoms with van der Waals surface area (Å²) in [5, 5.41) is 0. The van der Waals surface area contributed by atoms with E-state index in [0.717, 1.165) is 25.3 Å². The van der Waals surface area contributed by atoms with Crippen molar-refractivity contribution in [2.45, 2.75) is 26.8 Å². The topological polar surface area (TPSA) is 76.4 Å². The second-order valence-corrected chi connectivity index (χ2v) is 5.95. The highest BCUT2D eigenvalue weighted by Gasteiger charge is 2.21. The molecule has 2 aromatic heterocycles.